The summed E-state index contributed by atoms with van der Waals surface area (Å²) < 4.78 is 5.46. The number of aromatic nitrogens is 1. The number of ketones is 1. The molecule has 0 radical (unpaired) electrons. The molecule has 1 atom stereocenters. The van der Waals surface area contributed by atoms with Crippen molar-refractivity contribution in [2.24, 2.45) is 5.92 Å². The molecule has 1 aliphatic rings. The molecule has 4 heteroatoms. The predicted octanol–water partition coefficient (Wildman–Crippen LogP) is 1.28. The fourth-order valence-corrected chi connectivity index (χ4v) is 1.99. The van der Waals surface area contributed by atoms with Crippen LogP contribution in [0.25, 0.3) is 0 Å². The molecule has 2 rings (SSSR count). The van der Waals surface area contributed by atoms with E-state index < -0.39 is 0 Å². The van der Waals surface area contributed by atoms with Crippen molar-refractivity contribution in [3.05, 3.63) is 30.1 Å². The zero-order chi connectivity index (χ0) is 11.9. The lowest BCUT2D eigenvalue weighted by Gasteiger charge is -2.22. The van der Waals surface area contributed by atoms with Crippen LogP contribution in [0.3, 0.4) is 0 Å². The Hall–Kier alpha value is -1.26. The van der Waals surface area contributed by atoms with E-state index in [1.165, 1.54) is 12.8 Å². The lowest BCUT2D eigenvalue weighted by Crippen LogP contribution is -2.32. The highest BCUT2D eigenvalue weighted by Crippen LogP contribution is 2.10. The standard InChI is InChI=1S/C13H18N2O2/c16-13(12-5-1-2-7-15-12)10-17-9-11-4-3-6-14-8-11/h1-2,5,7,11,14H,3-4,6,8-10H2. The van der Waals surface area contributed by atoms with E-state index in [4.69, 9.17) is 4.74 Å². The predicted molar refractivity (Wildman–Crippen MR) is 65.0 cm³/mol. The highest BCUT2D eigenvalue weighted by molar-refractivity contribution is 5.95. The number of hydrogen-bond donors (Lipinski definition) is 1. The van der Waals surface area contributed by atoms with Crippen molar-refractivity contribution < 1.29 is 9.53 Å². The Balaban J connectivity index is 1.69. The number of pyridine rings is 1. The first-order valence-corrected chi connectivity index (χ1v) is 6.09. The van der Waals surface area contributed by atoms with Gasteiger partial charge in [-0.3, -0.25) is 9.78 Å². The minimum Gasteiger partial charge on any atom is -0.373 e. The van der Waals surface area contributed by atoms with Gasteiger partial charge in [-0.15, -0.1) is 0 Å². The van der Waals surface area contributed by atoms with Gasteiger partial charge in [-0.25, -0.2) is 0 Å². The average Bonchev–Trinajstić information content (AvgIpc) is 2.41. The van der Waals surface area contributed by atoms with Gasteiger partial charge in [0.05, 0.1) is 6.61 Å². The zero-order valence-electron chi connectivity index (χ0n) is 9.89. The second-order valence-corrected chi connectivity index (χ2v) is 4.37. The first-order chi connectivity index (χ1) is 8.36. The van der Waals surface area contributed by atoms with Gasteiger partial charge in [0.15, 0.2) is 0 Å². The summed E-state index contributed by atoms with van der Waals surface area (Å²) in [6.45, 7) is 2.89. The Kier molecular flexibility index (Phi) is 4.64. The summed E-state index contributed by atoms with van der Waals surface area (Å²) in [4.78, 5) is 15.7. The molecule has 2 heterocycles. The van der Waals surface area contributed by atoms with Crippen LogP contribution < -0.4 is 5.32 Å². The van der Waals surface area contributed by atoms with Crippen molar-refractivity contribution in [1.82, 2.24) is 10.3 Å². The summed E-state index contributed by atoms with van der Waals surface area (Å²) >= 11 is 0. The van der Waals surface area contributed by atoms with Gasteiger partial charge in [0, 0.05) is 12.7 Å². The molecule has 17 heavy (non-hydrogen) atoms. The fourth-order valence-electron chi connectivity index (χ4n) is 1.99. The van der Waals surface area contributed by atoms with Crippen molar-refractivity contribution in [2.45, 2.75) is 12.8 Å². The zero-order valence-corrected chi connectivity index (χ0v) is 9.89. The summed E-state index contributed by atoms with van der Waals surface area (Å²) in [7, 11) is 0. The largest absolute Gasteiger partial charge is 0.373 e. The highest BCUT2D eigenvalue weighted by atomic mass is 16.5. The lowest BCUT2D eigenvalue weighted by atomic mass is 10.0. The third-order valence-electron chi connectivity index (χ3n) is 2.94. The molecule has 4 nitrogen and oxygen atoms in total. The quantitative estimate of drug-likeness (QED) is 0.780. The van der Waals surface area contributed by atoms with E-state index in [0.29, 0.717) is 18.2 Å². The van der Waals surface area contributed by atoms with E-state index in [9.17, 15) is 4.79 Å². The van der Waals surface area contributed by atoms with Crippen LogP contribution in [-0.2, 0) is 4.74 Å². The number of nitrogens with zero attached hydrogens (tertiary/aromatic N) is 1. The second kappa shape index (κ2) is 6.47. The number of carbonyl (C=O) groups excluding carboxylic acids is 1. The maximum absolute atomic E-state index is 11.7. The number of ether oxygens (including phenoxy) is 1. The summed E-state index contributed by atoms with van der Waals surface area (Å²) in [6.07, 6.45) is 4.01. The number of carbonyl (C=O) groups is 1. The Morgan fingerprint density at radius 3 is 3.18 bits per heavy atom. The van der Waals surface area contributed by atoms with Crippen LogP contribution in [0.5, 0.6) is 0 Å². The van der Waals surface area contributed by atoms with Crippen molar-refractivity contribution in [2.75, 3.05) is 26.3 Å². The third kappa shape index (κ3) is 3.91. The van der Waals surface area contributed by atoms with Crippen molar-refractivity contribution in [3.8, 4) is 0 Å². The SMILES string of the molecule is O=C(COCC1CCCNC1)c1ccccn1. The molecule has 1 saturated heterocycles. The van der Waals surface area contributed by atoms with E-state index >= 15 is 0 Å². The van der Waals surface area contributed by atoms with Crippen LogP contribution in [0.4, 0.5) is 0 Å². The molecule has 0 aliphatic carbocycles. The van der Waals surface area contributed by atoms with Gasteiger partial charge in [0.25, 0.3) is 0 Å². The molecule has 0 aromatic carbocycles. The summed E-state index contributed by atoms with van der Waals surface area (Å²) in [5.41, 5.74) is 0.481. The average molecular weight is 234 g/mol. The van der Waals surface area contributed by atoms with Gasteiger partial charge in [-0.1, -0.05) is 6.07 Å². The molecule has 92 valence electrons. The van der Waals surface area contributed by atoms with Crippen LogP contribution >= 0.6 is 0 Å². The lowest BCUT2D eigenvalue weighted by molar-refractivity contribution is 0.0641. The molecule has 1 aromatic rings. The van der Waals surface area contributed by atoms with Gasteiger partial charge >= 0.3 is 0 Å². The topological polar surface area (TPSA) is 51.2 Å². The molecule has 0 saturated carbocycles. The molecule has 1 aromatic heterocycles. The van der Waals surface area contributed by atoms with Crippen molar-refractivity contribution in [1.29, 1.82) is 0 Å². The maximum atomic E-state index is 11.7. The minimum absolute atomic E-state index is 0.0469. The normalized spacial score (nSPS) is 20.1. The van der Waals surface area contributed by atoms with Gasteiger partial charge in [-0.2, -0.15) is 0 Å². The molecule has 0 amide bonds. The molecule has 0 spiro atoms. The summed E-state index contributed by atoms with van der Waals surface area (Å²) in [5.74, 6) is 0.495. The number of nitrogens with one attached hydrogen (secondary N) is 1. The van der Waals surface area contributed by atoms with Crippen LogP contribution in [0.2, 0.25) is 0 Å². The summed E-state index contributed by atoms with van der Waals surface area (Å²) in [6, 6.07) is 5.32. The van der Waals surface area contributed by atoms with E-state index in [1.807, 2.05) is 6.07 Å². The van der Waals surface area contributed by atoms with E-state index in [1.54, 1.807) is 18.3 Å². The number of hydrogen-bond acceptors (Lipinski definition) is 4. The summed E-state index contributed by atoms with van der Waals surface area (Å²) in [5, 5.41) is 3.33. The monoisotopic (exact) mass is 234 g/mol. The Labute approximate surface area is 101 Å². The molecule has 1 aliphatic heterocycles. The van der Waals surface area contributed by atoms with Gasteiger partial charge in [0.1, 0.15) is 12.3 Å². The minimum atomic E-state index is -0.0469. The van der Waals surface area contributed by atoms with E-state index in [0.717, 1.165) is 13.1 Å². The number of rotatable bonds is 5. The van der Waals surface area contributed by atoms with E-state index in [-0.39, 0.29) is 12.4 Å². The smallest absolute Gasteiger partial charge is 0.206 e. The van der Waals surface area contributed by atoms with Crippen LogP contribution in [0.15, 0.2) is 24.4 Å². The Morgan fingerprint density at radius 1 is 1.53 bits per heavy atom. The third-order valence-corrected chi connectivity index (χ3v) is 2.94. The van der Waals surface area contributed by atoms with Gasteiger partial charge in [-0.05, 0) is 37.4 Å². The first kappa shape index (κ1) is 12.2. The number of Topliss-reactive ketones (excluding diaryl/α,β-unsaturated/α-hetero) is 1. The molecule has 0 bridgehead atoms. The number of piperidine rings is 1. The highest BCUT2D eigenvalue weighted by Gasteiger charge is 2.14. The molecule has 1 fully saturated rings. The van der Waals surface area contributed by atoms with Crippen LogP contribution in [-0.4, -0.2) is 37.1 Å². The fraction of sp³-hybridized carbons (Fsp3) is 0.538. The molecule has 1 unspecified atom stereocenters. The van der Waals surface area contributed by atoms with E-state index in [2.05, 4.69) is 10.3 Å². The van der Waals surface area contributed by atoms with Crippen molar-refractivity contribution in [3.63, 3.8) is 0 Å². The Bertz CT molecular complexity index is 348. The van der Waals surface area contributed by atoms with Gasteiger partial charge in [0.2, 0.25) is 5.78 Å². The van der Waals surface area contributed by atoms with Crippen LogP contribution in [0, 0.1) is 5.92 Å². The molecular weight excluding hydrogens is 216 g/mol. The first-order valence-electron chi connectivity index (χ1n) is 6.09. The van der Waals surface area contributed by atoms with Gasteiger partial charge < -0.3 is 10.1 Å². The van der Waals surface area contributed by atoms with Crippen LogP contribution in [0.1, 0.15) is 23.3 Å². The Morgan fingerprint density at radius 2 is 2.47 bits per heavy atom. The second-order valence-electron chi connectivity index (χ2n) is 4.37. The van der Waals surface area contributed by atoms with Crippen molar-refractivity contribution >= 4 is 5.78 Å². The molecule has 1 N–H and O–H groups in total. The molecular formula is C13H18N2O2. The maximum Gasteiger partial charge on any atom is 0.206 e.